The molecule has 12 heavy (non-hydrogen) atoms. The summed E-state index contributed by atoms with van der Waals surface area (Å²) >= 11 is 0. The van der Waals surface area contributed by atoms with E-state index in [-0.39, 0.29) is 0 Å². The summed E-state index contributed by atoms with van der Waals surface area (Å²) in [6.07, 6.45) is 1.80. The highest BCUT2D eigenvalue weighted by Gasteiger charge is 2.04. The second-order valence-electron chi connectivity index (χ2n) is 3.36. The van der Waals surface area contributed by atoms with Gasteiger partial charge >= 0.3 is 0 Å². The van der Waals surface area contributed by atoms with Crippen molar-refractivity contribution >= 4 is 0 Å². The van der Waals surface area contributed by atoms with Crippen LogP contribution in [0.15, 0.2) is 6.20 Å². The zero-order chi connectivity index (χ0) is 9.14. The first-order valence-electron chi connectivity index (χ1n) is 4.07. The van der Waals surface area contributed by atoms with Crippen molar-refractivity contribution in [3.8, 4) is 6.07 Å². The van der Waals surface area contributed by atoms with Crippen LogP contribution in [-0.4, -0.2) is 9.78 Å². The average Bonchev–Trinajstić information content (AvgIpc) is 2.29. The third-order valence-electron chi connectivity index (χ3n) is 1.62. The number of hydrogen-bond donors (Lipinski definition) is 0. The average molecular weight is 163 g/mol. The first kappa shape index (κ1) is 8.79. The Morgan fingerprint density at radius 2 is 2.33 bits per heavy atom. The molecule has 3 heteroatoms. The van der Waals surface area contributed by atoms with Crippen molar-refractivity contribution in [1.82, 2.24) is 9.78 Å². The van der Waals surface area contributed by atoms with Gasteiger partial charge in [-0.15, -0.1) is 0 Å². The zero-order valence-electron chi connectivity index (χ0n) is 7.70. The molecule has 0 atom stereocenters. The first-order valence-corrected chi connectivity index (χ1v) is 4.07. The molecule has 0 aliphatic rings. The Morgan fingerprint density at radius 3 is 2.75 bits per heavy atom. The normalized spacial score (nSPS) is 10.2. The van der Waals surface area contributed by atoms with Crippen molar-refractivity contribution < 1.29 is 0 Å². The molecule has 1 heterocycles. The number of hydrogen-bond acceptors (Lipinski definition) is 2. The predicted molar refractivity (Wildman–Crippen MR) is 46.5 cm³/mol. The van der Waals surface area contributed by atoms with E-state index in [1.807, 2.05) is 11.6 Å². The number of nitrogens with zero attached hydrogens (tertiary/aromatic N) is 3. The second kappa shape index (κ2) is 3.40. The van der Waals surface area contributed by atoms with Gasteiger partial charge in [-0.2, -0.15) is 10.4 Å². The Morgan fingerprint density at radius 1 is 1.67 bits per heavy atom. The molecule has 1 aromatic heterocycles. The van der Waals surface area contributed by atoms with Crippen LogP contribution in [0.5, 0.6) is 0 Å². The van der Waals surface area contributed by atoms with Crippen LogP contribution in [0.25, 0.3) is 0 Å². The van der Waals surface area contributed by atoms with Gasteiger partial charge in [0.25, 0.3) is 0 Å². The molecule has 0 fully saturated rings. The summed E-state index contributed by atoms with van der Waals surface area (Å²) in [5.41, 5.74) is 1.49. The van der Waals surface area contributed by atoms with Crippen LogP contribution >= 0.6 is 0 Å². The summed E-state index contributed by atoms with van der Waals surface area (Å²) in [6.45, 7) is 6.99. The number of rotatable bonds is 2. The fourth-order valence-electron chi connectivity index (χ4n) is 1.10. The number of aromatic nitrogens is 2. The second-order valence-corrected chi connectivity index (χ2v) is 3.36. The van der Waals surface area contributed by atoms with E-state index in [0.29, 0.717) is 11.5 Å². The molecule has 1 aromatic rings. The molecule has 0 saturated heterocycles. The maximum Gasteiger partial charge on any atom is 0.103 e. The molecule has 0 N–H and O–H groups in total. The number of aryl methyl sites for hydroxylation is 1. The molecule has 1 rings (SSSR count). The Balaban J connectivity index is 2.84. The van der Waals surface area contributed by atoms with E-state index < -0.39 is 0 Å². The largest absolute Gasteiger partial charge is 0.271 e. The van der Waals surface area contributed by atoms with Crippen molar-refractivity contribution in [2.24, 2.45) is 5.92 Å². The van der Waals surface area contributed by atoms with Crippen molar-refractivity contribution in [3.05, 3.63) is 17.5 Å². The van der Waals surface area contributed by atoms with Crippen LogP contribution in [-0.2, 0) is 6.54 Å². The van der Waals surface area contributed by atoms with Crippen LogP contribution < -0.4 is 0 Å². The Labute approximate surface area is 72.6 Å². The molecule has 3 nitrogen and oxygen atoms in total. The first-order chi connectivity index (χ1) is 5.63. The van der Waals surface area contributed by atoms with E-state index in [1.165, 1.54) is 0 Å². The van der Waals surface area contributed by atoms with E-state index in [2.05, 4.69) is 25.0 Å². The van der Waals surface area contributed by atoms with Gasteiger partial charge in [-0.25, -0.2) is 0 Å². The summed E-state index contributed by atoms with van der Waals surface area (Å²) in [6, 6.07) is 2.11. The highest BCUT2D eigenvalue weighted by Crippen LogP contribution is 2.05. The van der Waals surface area contributed by atoms with E-state index in [1.54, 1.807) is 6.20 Å². The Kier molecular flexibility index (Phi) is 2.49. The summed E-state index contributed by atoms with van der Waals surface area (Å²) in [5.74, 6) is 0.566. The monoisotopic (exact) mass is 163 g/mol. The van der Waals surface area contributed by atoms with Gasteiger partial charge < -0.3 is 0 Å². The van der Waals surface area contributed by atoms with Crippen molar-refractivity contribution in [1.29, 1.82) is 5.26 Å². The lowest BCUT2D eigenvalue weighted by molar-refractivity contribution is 0.481. The summed E-state index contributed by atoms with van der Waals surface area (Å²) in [7, 11) is 0. The van der Waals surface area contributed by atoms with Gasteiger partial charge in [0.15, 0.2) is 0 Å². The molecule has 0 saturated carbocycles. The lowest BCUT2D eigenvalue weighted by Gasteiger charge is -2.02. The fourth-order valence-corrected chi connectivity index (χ4v) is 1.10. The molecule has 64 valence electrons. The van der Waals surface area contributed by atoms with Gasteiger partial charge in [-0.1, -0.05) is 13.8 Å². The highest BCUT2D eigenvalue weighted by atomic mass is 15.3. The van der Waals surface area contributed by atoms with E-state index in [0.717, 1.165) is 12.2 Å². The minimum absolute atomic E-state index is 0.566. The minimum Gasteiger partial charge on any atom is -0.271 e. The lowest BCUT2D eigenvalue weighted by atomic mass is 10.2. The van der Waals surface area contributed by atoms with E-state index >= 15 is 0 Å². The van der Waals surface area contributed by atoms with Gasteiger partial charge in [0.2, 0.25) is 0 Å². The molecule has 0 aliphatic heterocycles. The van der Waals surface area contributed by atoms with Crippen LogP contribution in [0.4, 0.5) is 0 Å². The smallest absolute Gasteiger partial charge is 0.103 e. The van der Waals surface area contributed by atoms with Crippen molar-refractivity contribution in [3.63, 3.8) is 0 Å². The Bertz CT molecular complexity index is 304. The number of nitriles is 1. The summed E-state index contributed by atoms with van der Waals surface area (Å²) in [5, 5.41) is 12.9. The molecule has 0 spiro atoms. The van der Waals surface area contributed by atoms with Crippen LogP contribution in [0, 0.1) is 24.2 Å². The molecule has 0 amide bonds. The maximum absolute atomic E-state index is 8.66. The standard InChI is InChI=1S/C9H13N3/c1-7(2)5-12-6-9(4-10)8(3)11-12/h6-7H,5H2,1-3H3. The SMILES string of the molecule is Cc1nn(CC(C)C)cc1C#N. The molecule has 0 aromatic carbocycles. The maximum atomic E-state index is 8.66. The quantitative estimate of drug-likeness (QED) is 0.666. The summed E-state index contributed by atoms with van der Waals surface area (Å²) < 4.78 is 1.83. The Hall–Kier alpha value is -1.30. The molecule has 0 bridgehead atoms. The van der Waals surface area contributed by atoms with E-state index in [4.69, 9.17) is 5.26 Å². The van der Waals surface area contributed by atoms with Gasteiger partial charge in [-0.3, -0.25) is 4.68 Å². The van der Waals surface area contributed by atoms with E-state index in [9.17, 15) is 0 Å². The third kappa shape index (κ3) is 1.85. The molecular weight excluding hydrogens is 150 g/mol. The summed E-state index contributed by atoms with van der Waals surface area (Å²) in [4.78, 5) is 0. The van der Waals surface area contributed by atoms with Gasteiger partial charge in [-0.05, 0) is 12.8 Å². The van der Waals surface area contributed by atoms with Crippen LogP contribution in [0.3, 0.4) is 0 Å². The van der Waals surface area contributed by atoms with Crippen LogP contribution in [0.2, 0.25) is 0 Å². The third-order valence-corrected chi connectivity index (χ3v) is 1.62. The molecule has 0 aliphatic carbocycles. The van der Waals surface area contributed by atoms with Crippen molar-refractivity contribution in [2.45, 2.75) is 27.3 Å². The minimum atomic E-state index is 0.566. The van der Waals surface area contributed by atoms with Gasteiger partial charge in [0, 0.05) is 12.7 Å². The van der Waals surface area contributed by atoms with Gasteiger partial charge in [0.1, 0.15) is 6.07 Å². The highest BCUT2D eigenvalue weighted by molar-refractivity contribution is 5.29. The molecule has 0 radical (unpaired) electrons. The fraction of sp³-hybridized carbons (Fsp3) is 0.556. The molecule has 0 unspecified atom stereocenters. The van der Waals surface area contributed by atoms with Crippen molar-refractivity contribution in [2.75, 3.05) is 0 Å². The lowest BCUT2D eigenvalue weighted by Crippen LogP contribution is -2.04. The van der Waals surface area contributed by atoms with Crippen LogP contribution in [0.1, 0.15) is 25.1 Å². The predicted octanol–water partition coefficient (Wildman–Crippen LogP) is 1.72. The topological polar surface area (TPSA) is 41.6 Å². The molecular formula is C9H13N3. The van der Waals surface area contributed by atoms with Gasteiger partial charge in [0.05, 0.1) is 11.3 Å². The zero-order valence-corrected chi connectivity index (χ0v) is 7.70.